The van der Waals surface area contributed by atoms with Gasteiger partial charge in [0.1, 0.15) is 23.1 Å². The summed E-state index contributed by atoms with van der Waals surface area (Å²) < 4.78 is 0. The van der Waals surface area contributed by atoms with Gasteiger partial charge in [0.05, 0.1) is 11.8 Å². The van der Waals surface area contributed by atoms with E-state index in [9.17, 15) is 19.6 Å². The topological polar surface area (TPSA) is 173 Å². The Morgan fingerprint density at radius 2 is 1.56 bits per heavy atom. The molecule has 0 bridgehead atoms. The minimum absolute atomic E-state index is 0.444. The van der Waals surface area contributed by atoms with E-state index in [4.69, 9.17) is 16.3 Å². The lowest BCUT2D eigenvalue weighted by Gasteiger charge is -2.23. The Balaban J connectivity index is 2.33. The van der Waals surface area contributed by atoms with E-state index >= 15 is 0 Å². The number of urea groups is 1. The van der Waals surface area contributed by atoms with Crippen LogP contribution in [0.25, 0.3) is 0 Å². The van der Waals surface area contributed by atoms with Crippen LogP contribution in [0.1, 0.15) is 17.0 Å². The minimum atomic E-state index is -2.06. The second-order valence-electron chi connectivity index (χ2n) is 6.32. The number of hydrogen-bond acceptors (Lipinski definition) is 7. The van der Waals surface area contributed by atoms with E-state index < -0.39 is 45.9 Å². The lowest BCUT2D eigenvalue weighted by molar-refractivity contribution is -0.139. The second-order valence-corrected chi connectivity index (χ2v) is 6.32. The highest BCUT2D eigenvalue weighted by Crippen LogP contribution is 2.77. The molecule has 2 aliphatic rings. The number of carbonyl (C=O) groups excluding carboxylic acids is 3. The van der Waals surface area contributed by atoms with E-state index in [1.165, 1.54) is 0 Å². The minimum Gasteiger partial charge on any atom is -0.399 e. The summed E-state index contributed by atoms with van der Waals surface area (Å²) >= 11 is 0. The lowest BCUT2D eigenvalue weighted by Crippen LogP contribution is -2.59. The van der Waals surface area contributed by atoms with Crippen molar-refractivity contribution < 1.29 is 14.4 Å². The molecule has 1 aliphatic carbocycles. The first kappa shape index (κ1) is 17.7. The summed E-state index contributed by atoms with van der Waals surface area (Å²) in [5, 5.41) is 32.2. The van der Waals surface area contributed by atoms with Gasteiger partial charge in [-0.05, 0) is 12.5 Å². The molecule has 1 aliphatic heterocycles. The zero-order chi connectivity index (χ0) is 20.0. The van der Waals surface area contributed by atoms with Crippen LogP contribution >= 0.6 is 0 Å². The molecule has 0 unspecified atom stereocenters. The molecule has 132 valence electrons. The standard InChI is InChI=1S/C18H12N6O3/c1-9-2-4-10(5-3-9)12-17(8-21,13(22)11(6-19)7-20)18(12)14(25)23-16(27)24-15(18)26/h2-5,12H,22H2,1H3,(H2,23,24,25,26,27)/t12-,17+/m0/s1. The zero-order valence-electron chi connectivity index (χ0n) is 14.0. The van der Waals surface area contributed by atoms with E-state index in [0.717, 1.165) is 5.56 Å². The van der Waals surface area contributed by atoms with Crippen LogP contribution < -0.4 is 16.4 Å². The van der Waals surface area contributed by atoms with Gasteiger partial charge < -0.3 is 5.73 Å². The first-order valence-electron chi connectivity index (χ1n) is 7.76. The number of nitriles is 3. The largest absolute Gasteiger partial charge is 0.399 e. The highest BCUT2D eigenvalue weighted by molar-refractivity contribution is 6.24. The Morgan fingerprint density at radius 1 is 1.04 bits per heavy atom. The second kappa shape index (κ2) is 5.69. The average molecular weight is 360 g/mol. The third kappa shape index (κ3) is 1.98. The summed E-state index contributed by atoms with van der Waals surface area (Å²) in [6.07, 6.45) is 0. The highest BCUT2D eigenvalue weighted by Gasteiger charge is 2.88. The zero-order valence-corrected chi connectivity index (χ0v) is 14.0. The summed E-state index contributed by atoms with van der Waals surface area (Å²) in [5.41, 5.74) is 2.25. The maximum absolute atomic E-state index is 12.7. The first-order valence-corrected chi connectivity index (χ1v) is 7.76. The number of nitrogens with one attached hydrogen (secondary N) is 2. The van der Waals surface area contributed by atoms with Gasteiger partial charge in [0, 0.05) is 5.92 Å². The monoisotopic (exact) mass is 360 g/mol. The summed E-state index contributed by atoms with van der Waals surface area (Å²) in [5.74, 6) is -3.07. The molecule has 1 aromatic carbocycles. The Kier molecular flexibility index (Phi) is 3.72. The Bertz CT molecular complexity index is 1010. The molecule has 3 rings (SSSR count). The Morgan fingerprint density at radius 3 is 2.00 bits per heavy atom. The maximum Gasteiger partial charge on any atom is 0.328 e. The van der Waals surface area contributed by atoms with Crippen molar-refractivity contribution in [1.82, 2.24) is 10.6 Å². The van der Waals surface area contributed by atoms with Gasteiger partial charge in [0.2, 0.25) is 11.8 Å². The highest BCUT2D eigenvalue weighted by atomic mass is 16.2. The number of benzene rings is 1. The lowest BCUT2D eigenvalue weighted by atomic mass is 9.86. The van der Waals surface area contributed by atoms with Crippen molar-refractivity contribution in [2.75, 3.05) is 0 Å². The van der Waals surface area contributed by atoms with Crippen molar-refractivity contribution in [3.8, 4) is 18.2 Å². The van der Waals surface area contributed by atoms with Crippen molar-refractivity contribution in [3.05, 3.63) is 46.7 Å². The van der Waals surface area contributed by atoms with E-state index in [0.29, 0.717) is 5.56 Å². The fourth-order valence-corrected chi connectivity index (χ4v) is 3.82. The molecule has 1 saturated carbocycles. The molecule has 1 heterocycles. The van der Waals surface area contributed by atoms with Crippen LogP contribution in [0.15, 0.2) is 35.5 Å². The van der Waals surface area contributed by atoms with Crippen LogP contribution in [-0.2, 0) is 9.59 Å². The number of imide groups is 2. The summed E-state index contributed by atoms with van der Waals surface area (Å²) in [4.78, 5) is 37.0. The fourth-order valence-electron chi connectivity index (χ4n) is 3.82. The van der Waals surface area contributed by atoms with Crippen LogP contribution in [0.2, 0.25) is 0 Å². The number of barbiturate groups is 1. The van der Waals surface area contributed by atoms with E-state index in [-0.39, 0.29) is 0 Å². The molecule has 1 saturated heterocycles. The first-order chi connectivity index (χ1) is 12.8. The van der Waals surface area contributed by atoms with Crippen molar-refractivity contribution >= 4 is 17.8 Å². The van der Waals surface area contributed by atoms with Gasteiger partial charge in [-0.25, -0.2) is 4.79 Å². The van der Waals surface area contributed by atoms with Gasteiger partial charge in [-0.1, -0.05) is 29.8 Å². The van der Waals surface area contributed by atoms with Crippen LogP contribution in [0, 0.1) is 51.7 Å². The van der Waals surface area contributed by atoms with Crippen LogP contribution in [0.4, 0.5) is 4.79 Å². The molecule has 4 N–H and O–H groups in total. The van der Waals surface area contributed by atoms with Crippen LogP contribution in [0.3, 0.4) is 0 Å². The number of rotatable bonds is 2. The van der Waals surface area contributed by atoms with Gasteiger partial charge in [0.15, 0.2) is 5.41 Å². The van der Waals surface area contributed by atoms with Crippen LogP contribution in [-0.4, -0.2) is 17.8 Å². The molecular formula is C18H12N6O3. The molecule has 2 fully saturated rings. The number of carbonyl (C=O) groups is 3. The van der Waals surface area contributed by atoms with Crippen LogP contribution in [0.5, 0.6) is 0 Å². The van der Waals surface area contributed by atoms with Gasteiger partial charge >= 0.3 is 6.03 Å². The van der Waals surface area contributed by atoms with Crippen molar-refractivity contribution in [3.63, 3.8) is 0 Å². The molecule has 9 heteroatoms. The number of nitrogens with two attached hydrogens (primary N) is 1. The van der Waals surface area contributed by atoms with Crippen molar-refractivity contribution in [2.24, 2.45) is 16.6 Å². The maximum atomic E-state index is 12.7. The molecule has 1 aromatic rings. The van der Waals surface area contributed by atoms with Crippen molar-refractivity contribution in [1.29, 1.82) is 15.8 Å². The third-order valence-electron chi connectivity index (χ3n) is 5.08. The predicted molar refractivity (Wildman–Crippen MR) is 88.5 cm³/mol. The summed E-state index contributed by atoms with van der Waals surface area (Å²) in [6, 6.07) is 10.7. The quantitative estimate of drug-likeness (QED) is 0.499. The molecule has 0 radical (unpaired) electrons. The van der Waals surface area contributed by atoms with E-state index in [1.54, 1.807) is 36.4 Å². The number of amides is 4. The van der Waals surface area contributed by atoms with E-state index in [2.05, 4.69) is 0 Å². The number of aryl methyl sites for hydroxylation is 1. The van der Waals surface area contributed by atoms with Crippen molar-refractivity contribution in [2.45, 2.75) is 12.8 Å². The molecule has 2 atom stereocenters. The summed E-state index contributed by atoms with van der Waals surface area (Å²) in [6.45, 7) is 1.83. The normalized spacial score (nSPS) is 24.7. The van der Waals surface area contributed by atoms with Gasteiger partial charge in [-0.15, -0.1) is 0 Å². The third-order valence-corrected chi connectivity index (χ3v) is 5.08. The molecule has 0 aromatic heterocycles. The van der Waals surface area contributed by atoms with Gasteiger partial charge in [-0.2, -0.15) is 15.8 Å². The number of allylic oxidation sites excluding steroid dienone is 2. The smallest absolute Gasteiger partial charge is 0.328 e. The van der Waals surface area contributed by atoms with Gasteiger partial charge in [-0.3, -0.25) is 20.2 Å². The SMILES string of the molecule is Cc1ccc([C@@H]2C3(C(=O)NC(=O)NC3=O)[C@@]2(C#N)C(N)=C(C#N)C#N)cc1. The molecule has 9 nitrogen and oxygen atoms in total. The molecule has 1 spiro atoms. The molecule has 27 heavy (non-hydrogen) atoms. The van der Waals surface area contributed by atoms with E-state index in [1.807, 2.05) is 23.6 Å². The molecule has 4 amide bonds. The fraction of sp³-hybridized carbons (Fsp3) is 0.222. The summed E-state index contributed by atoms with van der Waals surface area (Å²) in [7, 11) is 0. The average Bonchev–Trinajstić information content (AvgIpc) is 3.27. The Labute approximate surface area is 153 Å². The predicted octanol–water partition coefficient (Wildman–Crippen LogP) is 0.215. The number of nitrogens with zero attached hydrogens (tertiary/aromatic N) is 3. The number of hydrogen-bond donors (Lipinski definition) is 3. The van der Waals surface area contributed by atoms with Gasteiger partial charge in [0.25, 0.3) is 0 Å². The Hall–Kier alpha value is -4.16. The molecular weight excluding hydrogens is 348 g/mol.